The number of hydrogen-bond donors (Lipinski definition) is 2. The van der Waals surface area contributed by atoms with E-state index in [4.69, 9.17) is 14.3 Å². The van der Waals surface area contributed by atoms with E-state index in [0.717, 1.165) is 0 Å². The van der Waals surface area contributed by atoms with Gasteiger partial charge in [0.25, 0.3) is 5.91 Å². The fraction of sp³-hybridized carbons (Fsp3) is 0.0909. The third kappa shape index (κ3) is 4.27. The number of sulfonamides is 1. The number of aromatic nitrogens is 1. The van der Waals surface area contributed by atoms with Gasteiger partial charge in [0.15, 0.2) is 5.76 Å². The number of carbonyl (C=O) groups is 1. The molecule has 0 atom stereocenters. The zero-order valence-corrected chi connectivity index (χ0v) is 17.3. The SMILES string of the molecule is COc1ccc(CNC(=O)c2cc(-c3ccco3)nc3ccccc23)cc1S(N)(=O)=O. The van der Waals surface area contributed by atoms with Crippen LogP contribution in [-0.4, -0.2) is 26.4 Å². The lowest BCUT2D eigenvalue weighted by atomic mass is 10.1. The van der Waals surface area contributed by atoms with Gasteiger partial charge < -0.3 is 14.5 Å². The maximum Gasteiger partial charge on any atom is 0.252 e. The molecule has 0 aliphatic heterocycles. The highest BCUT2D eigenvalue weighted by molar-refractivity contribution is 7.89. The van der Waals surface area contributed by atoms with Crippen LogP contribution in [0.15, 0.2) is 76.2 Å². The van der Waals surface area contributed by atoms with Gasteiger partial charge in [0.1, 0.15) is 16.3 Å². The van der Waals surface area contributed by atoms with E-state index in [2.05, 4.69) is 10.3 Å². The van der Waals surface area contributed by atoms with Gasteiger partial charge in [-0.1, -0.05) is 24.3 Å². The van der Waals surface area contributed by atoms with Gasteiger partial charge in [-0.2, -0.15) is 0 Å². The molecule has 0 aliphatic rings. The number of ether oxygens (including phenoxy) is 1. The number of carbonyl (C=O) groups excluding carboxylic acids is 1. The van der Waals surface area contributed by atoms with Gasteiger partial charge in [-0.25, -0.2) is 18.5 Å². The van der Waals surface area contributed by atoms with Crippen molar-refractivity contribution >= 4 is 26.8 Å². The Morgan fingerprint density at radius 1 is 1.13 bits per heavy atom. The fourth-order valence-corrected chi connectivity index (χ4v) is 3.99. The lowest BCUT2D eigenvalue weighted by Crippen LogP contribution is -2.23. The molecular weight excluding hydrogens is 418 g/mol. The number of nitrogens with two attached hydrogens (primary N) is 1. The highest BCUT2D eigenvalue weighted by atomic mass is 32.2. The smallest absolute Gasteiger partial charge is 0.252 e. The van der Waals surface area contributed by atoms with Crippen molar-refractivity contribution in [2.75, 3.05) is 7.11 Å². The molecule has 2 aromatic heterocycles. The van der Waals surface area contributed by atoms with Crippen LogP contribution in [-0.2, 0) is 16.6 Å². The lowest BCUT2D eigenvalue weighted by Gasteiger charge is -2.12. The summed E-state index contributed by atoms with van der Waals surface area (Å²) in [5.74, 6) is 0.355. The molecule has 9 heteroatoms. The summed E-state index contributed by atoms with van der Waals surface area (Å²) in [4.78, 5) is 17.4. The number of furan rings is 1. The van der Waals surface area contributed by atoms with Crippen LogP contribution in [0.25, 0.3) is 22.4 Å². The van der Waals surface area contributed by atoms with Gasteiger partial charge in [-0.05, 0) is 42.0 Å². The summed E-state index contributed by atoms with van der Waals surface area (Å²) < 4.78 is 34.1. The van der Waals surface area contributed by atoms with Gasteiger partial charge >= 0.3 is 0 Å². The number of methoxy groups -OCH3 is 1. The van der Waals surface area contributed by atoms with Gasteiger partial charge in [0, 0.05) is 11.9 Å². The van der Waals surface area contributed by atoms with Crippen LogP contribution < -0.4 is 15.2 Å². The number of rotatable bonds is 6. The average Bonchev–Trinajstić information content (AvgIpc) is 3.31. The highest BCUT2D eigenvalue weighted by Gasteiger charge is 2.17. The Bertz CT molecular complexity index is 1370. The largest absolute Gasteiger partial charge is 0.495 e. The topological polar surface area (TPSA) is 125 Å². The van der Waals surface area contributed by atoms with Crippen molar-refractivity contribution in [3.8, 4) is 17.2 Å². The van der Waals surface area contributed by atoms with Crippen LogP contribution in [0.1, 0.15) is 15.9 Å². The van der Waals surface area contributed by atoms with Crippen LogP contribution in [0.3, 0.4) is 0 Å². The second kappa shape index (κ2) is 8.21. The van der Waals surface area contributed by atoms with E-state index < -0.39 is 10.0 Å². The molecule has 0 unspecified atom stereocenters. The molecule has 3 N–H and O–H groups in total. The number of pyridine rings is 1. The van der Waals surface area contributed by atoms with Crippen molar-refractivity contribution in [1.29, 1.82) is 0 Å². The molecule has 0 saturated heterocycles. The number of benzene rings is 2. The summed E-state index contributed by atoms with van der Waals surface area (Å²) in [5.41, 5.74) is 2.18. The summed E-state index contributed by atoms with van der Waals surface area (Å²) in [6.07, 6.45) is 1.54. The first-order chi connectivity index (χ1) is 14.9. The van der Waals surface area contributed by atoms with E-state index in [1.807, 2.05) is 24.3 Å². The molecule has 0 spiro atoms. The van der Waals surface area contributed by atoms with E-state index >= 15 is 0 Å². The van der Waals surface area contributed by atoms with Gasteiger partial charge in [-0.3, -0.25) is 4.79 Å². The Morgan fingerprint density at radius 3 is 2.65 bits per heavy atom. The molecular formula is C22H19N3O5S. The molecule has 0 fully saturated rings. The number of nitrogens with zero attached hydrogens (tertiary/aromatic N) is 1. The summed E-state index contributed by atoms with van der Waals surface area (Å²) in [6, 6.07) is 17.0. The van der Waals surface area contributed by atoms with E-state index in [9.17, 15) is 13.2 Å². The molecule has 1 amide bonds. The second-order valence-corrected chi connectivity index (χ2v) is 8.29. The van der Waals surface area contributed by atoms with Crippen molar-refractivity contribution in [1.82, 2.24) is 10.3 Å². The minimum absolute atomic E-state index is 0.0953. The molecule has 0 saturated carbocycles. The van der Waals surface area contributed by atoms with Crippen molar-refractivity contribution in [2.45, 2.75) is 11.4 Å². The molecule has 0 aliphatic carbocycles. The molecule has 2 heterocycles. The van der Waals surface area contributed by atoms with Gasteiger partial charge in [0.05, 0.1) is 24.5 Å². The molecule has 4 rings (SSSR count). The van der Waals surface area contributed by atoms with E-state index in [-0.39, 0.29) is 23.1 Å². The minimum atomic E-state index is -3.97. The number of nitrogens with one attached hydrogen (secondary N) is 1. The number of para-hydroxylation sites is 1. The van der Waals surface area contributed by atoms with Crippen molar-refractivity contribution in [3.63, 3.8) is 0 Å². The standard InChI is InChI=1S/C22H19N3O5S/c1-29-20-9-8-14(11-21(20)31(23,27)28)13-24-22(26)16-12-18(19-7-4-10-30-19)25-17-6-3-2-5-15(16)17/h2-12H,13H2,1H3,(H,24,26)(H2,23,27,28). The fourth-order valence-electron chi connectivity index (χ4n) is 3.24. The average molecular weight is 437 g/mol. The first-order valence-electron chi connectivity index (χ1n) is 9.28. The molecule has 0 radical (unpaired) electrons. The Labute approximate surface area is 178 Å². The summed E-state index contributed by atoms with van der Waals surface area (Å²) >= 11 is 0. The normalized spacial score (nSPS) is 11.4. The quantitative estimate of drug-likeness (QED) is 0.478. The highest BCUT2D eigenvalue weighted by Crippen LogP contribution is 2.26. The maximum atomic E-state index is 13.0. The van der Waals surface area contributed by atoms with Crippen LogP contribution in [0.4, 0.5) is 0 Å². The van der Waals surface area contributed by atoms with Crippen molar-refractivity contribution in [2.24, 2.45) is 5.14 Å². The zero-order valence-electron chi connectivity index (χ0n) is 16.5. The lowest BCUT2D eigenvalue weighted by molar-refractivity contribution is 0.0952. The van der Waals surface area contributed by atoms with Gasteiger partial charge in [0.2, 0.25) is 10.0 Å². The first-order valence-corrected chi connectivity index (χ1v) is 10.8. The van der Waals surface area contributed by atoms with Crippen LogP contribution in [0.2, 0.25) is 0 Å². The Morgan fingerprint density at radius 2 is 1.94 bits per heavy atom. The number of primary sulfonamides is 1. The van der Waals surface area contributed by atoms with E-state index in [1.54, 1.807) is 30.5 Å². The monoisotopic (exact) mass is 437 g/mol. The van der Waals surface area contributed by atoms with Gasteiger partial charge in [-0.15, -0.1) is 0 Å². The number of fused-ring (bicyclic) bond motifs is 1. The molecule has 2 aromatic carbocycles. The summed E-state index contributed by atoms with van der Waals surface area (Å²) in [6.45, 7) is 0.0953. The Hall–Kier alpha value is -3.69. The molecule has 31 heavy (non-hydrogen) atoms. The Balaban J connectivity index is 1.65. The Kier molecular flexibility index (Phi) is 5.45. The third-order valence-electron chi connectivity index (χ3n) is 4.72. The first kappa shape index (κ1) is 20.6. The van der Waals surface area contributed by atoms with Crippen LogP contribution >= 0.6 is 0 Å². The van der Waals surface area contributed by atoms with E-state index in [1.165, 1.54) is 19.2 Å². The molecule has 4 aromatic rings. The zero-order chi connectivity index (χ0) is 22.0. The predicted molar refractivity (Wildman–Crippen MR) is 115 cm³/mol. The van der Waals surface area contributed by atoms with Crippen molar-refractivity contribution in [3.05, 3.63) is 78.1 Å². The number of amides is 1. The summed E-state index contributed by atoms with van der Waals surface area (Å²) in [5, 5.41) is 8.78. The molecule has 8 nitrogen and oxygen atoms in total. The predicted octanol–water partition coefficient (Wildman–Crippen LogP) is 3.08. The third-order valence-corrected chi connectivity index (χ3v) is 5.65. The second-order valence-electron chi connectivity index (χ2n) is 6.76. The minimum Gasteiger partial charge on any atom is -0.495 e. The molecule has 158 valence electrons. The molecule has 0 bridgehead atoms. The van der Waals surface area contributed by atoms with Crippen molar-refractivity contribution < 1.29 is 22.4 Å². The number of hydrogen-bond acceptors (Lipinski definition) is 6. The summed E-state index contributed by atoms with van der Waals surface area (Å²) in [7, 11) is -2.62. The van der Waals surface area contributed by atoms with Crippen LogP contribution in [0.5, 0.6) is 5.75 Å². The van der Waals surface area contributed by atoms with E-state index in [0.29, 0.717) is 33.5 Å². The van der Waals surface area contributed by atoms with Crippen LogP contribution in [0, 0.1) is 0 Å². The maximum absolute atomic E-state index is 13.0.